The third-order valence-electron chi connectivity index (χ3n) is 2.47. The van der Waals surface area contributed by atoms with Crippen LogP contribution in [0.2, 0.25) is 5.02 Å². The molecule has 0 radical (unpaired) electrons. The maximum Gasteiger partial charge on any atom is 0.312 e. The lowest BCUT2D eigenvalue weighted by molar-refractivity contribution is -0.134. The average molecular weight is 281 g/mol. The van der Waals surface area contributed by atoms with Crippen LogP contribution in [0.5, 0.6) is 5.88 Å². The number of rotatable bonds is 4. The Morgan fingerprint density at radius 2 is 2.16 bits per heavy atom. The van der Waals surface area contributed by atoms with E-state index in [2.05, 4.69) is 5.10 Å². The van der Waals surface area contributed by atoms with Crippen LogP contribution in [0.25, 0.3) is 5.69 Å². The summed E-state index contributed by atoms with van der Waals surface area (Å²) in [4.78, 5) is 23.2. The number of benzene rings is 1. The minimum atomic E-state index is -0.380. The van der Waals surface area contributed by atoms with E-state index in [1.54, 1.807) is 24.3 Å². The molecule has 0 atom stereocenters. The Morgan fingerprint density at radius 1 is 1.42 bits per heavy atom. The van der Waals surface area contributed by atoms with E-state index in [1.807, 2.05) is 6.92 Å². The Labute approximate surface area is 114 Å². The number of carbonyl (C=O) groups excluding carboxylic acids is 1. The summed E-state index contributed by atoms with van der Waals surface area (Å²) >= 11 is 6.01. The van der Waals surface area contributed by atoms with Gasteiger partial charge in [-0.15, -0.1) is 0 Å². The first-order valence-corrected chi connectivity index (χ1v) is 6.27. The van der Waals surface area contributed by atoms with E-state index < -0.39 is 0 Å². The van der Waals surface area contributed by atoms with Crippen molar-refractivity contribution in [3.8, 4) is 11.6 Å². The molecule has 1 aromatic carbocycles. The summed E-state index contributed by atoms with van der Waals surface area (Å²) in [5, 5.41) is 3.13. The van der Waals surface area contributed by atoms with E-state index >= 15 is 0 Å². The van der Waals surface area contributed by atoms with Gasteiger partial charge in [0.05, 0.1) is 16.8 Å². The van der Waals surface area contributed by atoms with Crippen molar-refractivity contribution < 1.29 is 9.53 Å². The zero-order valence-corrected chi connectivity index (χ0v) is 11.1. The van der Waals surface area contributed by atoms with Crippen LogP contribution in [0.15, 0.2) is 35.1 Å². The maximum atomic E-state index is 11.8. The number of halogens is 1. The summed E-state index contributed by atoms with van der Waals surface area (Å²) in [7, 11) is 0. The standard InChI is InChI=1S/C13H13ClN2O3/c1-2-5-13(18)19-11-8-12(17)16(15-11)10-7-4-3-6-9(10)14/h3-4,6-8,15H,2,5H2,1H3. The van der Waals surface area contributed by atoms with Crippen molar-refractivity contribution in [3.63, 3.8) is 0 Å². The van der Waals surface area contributed by atoms with E-state index in [0.29, 0.717) is 23.6 Å². The molecule has 0 unspecified atom stereocenters. The van der Waals surface area contributed by atoms with E-state index in [1.165, 1.54) is 10.7 Å². The van der Waals surface area contributed by atoms with Crippen molar-refractivity contribution in [3.05, 3.63) is 45.7 Å². The van der Waals surface area contributed by atoms with Gasteiger partial charge in [0.15, 0.2) is 0 Å². The fourth-order valence-electron chi connectivity index (χ4n) is 1.62. The highest BCUT2D eigenvalue weighted by molar-refractivity contribution is 6.32. The van der Waals surface area contributed by atoms with Crippen molar-refractivity contribution in [1.29, 1.82) is 0 Å². The van der Waals surface area contributed by atoms with Crippen molar-refractivity contribution in [1.82, 2.24) is 9.78 Å². The molecular formula is C13H13ClN2O3. The molecule has 6 heteroatoms. The van der Waals surface area contributed by atoms with Crippen molar-refractivity contribution >= 4 is 17.6 Å². The molecule has 5 nitrogen and oxygen atoms in total. The molecule has 100 valence electrons. The van der Waals surface area contributed by atoms with Crippen molar-refractivity contribution in [2.45, 2.75) is 19.8 Å². The highest BCUT2D eigenvalue weighted by atomic mass is 35.5. The van der Waals surface area contributed by atoms with Crippen LogP contribution in [-0.2, 0) is 4.79 Å². The van der Waals surface area contributed by atoms with Gasteiger partial charge in [0, 0.05) is 6.42 Å². The zero-order chi connectivity index (χ0) is 13.8. The minimum Gasteiger partial charge on any atom is -0.408 e. The highest BCUT2D eigenvalue weighted by Gasteiger charge is 2.11. The summed E-state index contributed by atoms with van der Waals surface area (Å²) in [5.41, 5.74) is 0.166. The number of hydrogen-bond acceptors (Lipinski definition) is 3. The lowest BCUT2D eigenvalue weighted by Crippen LogP contribution is -2.13. The molecule has 0 spiro atoms. The predicted molar refractivity (Wildman–Crippen MR) is 71.9 cm³/mol. The average Bonchev–Trinajstić information content (AvgIpc) is 2.71. The second-order valence-electron chi connectivity index (χ2n) is 3.97. The SMILES string of the molecule is CCCC(=O)Oc1cc(=O)n(-c2ccccc2Cl)[nH]1. The van der Waals surface area contributed by atoms with Crippen molar-refractivity contribution in [2.24, 2.45) is 0 Å². The van der Waals surface area contributed by atoms with E-state index in [4.69, 9.17) is 16.3 Å². The normalized spacial score (nSPS) is 10.4. The summed E-state index contributed by atoms with van der Waals surface area (Å²) in [6.07, 6.45) is 0.994. The number of hydrogen-bond donors (Lipinski definition) is 1. The van der Waals surface area contributed by atoms with Crippen LogP contribution in [0.1, 0.15) is 19.8 Å². The largest absolute Gasteiger partial charge is 0.408 e. The minimum absolute atomic E-state index is 0.114. The zero-order valence-electron chi connectivity index (χ0n) is 10.4. The second-order valence-corrected chi connectivity index (χ2v) is 4.38. The van der Waals surface area contributed by atoms with Gasteiger partial charge in [-0.3, -0.25) is 14.7 Å². The quantitative estimate of drug-likeness (QED) is 0.875. The Morgan fingerprint density at radius 3 is 2.84 bits per heavy atom. The highest BCUT2D eigenvalue weighted by Crippen LogP contribution is 2.18. The Kier molecular flexibility index (Phi) is 4.06. The first kappa shape index (κ1) is 13.4. The van der Waals surface area contributed by atoms with Gasteiger partial charge >= 0.3 is 5.97 Å². The smallest absolute Gasteiger partial charge is 0.312 e. The third kappa shape index (κ3) is 3.06. The molecule has 0 saturated carbocycles. The monoisotopic (exact) mass is 280 g/mol. The van der Waals surface area contributed by atoms with E-state index in [9.17, 15) is 9.59 Å². The number of aromatic nitrogens is 2. The first-order chi connectivity index (χ1) is 9.11. The predicted octanol–water partition coefficient (Wildman–Crippen LogP) is 2.52. The maximum absolute atomic E-state index is 11.8. The number of H-pyrrole nitrogens is 1. The van der Waals surface area contributed by atoms with Crippen LogP contribution < -0.4 is 10.3 Å². The summed E-state index contributed by atoms with van der Waals surface area (Å²) in [5.74, 6) is -0.265. The van der Waals surface area contributed by atoms with Gasteiger partial charge in [-0.1, -0.05) is 30.7 Å². The molecule has 2 rings (SSSR count). The lowest BCUT2D eigenvalue weighted by Gasteiger charge is -2.04. The summed E-state index contributed by atoms with van der Waals surface area (Å²) in [6, 6.07) is 8.11. The van der Waals surface area contributed by atoms with Gasteiger partial charge in [0.25, 0.3) is 5.56 Å². The molecule has 0 fully saturated rings. The summed E-state index contributed by atoms with van der Waals surface area (Å²) in [6.45, 7) is 1.87. The van der Waals surface area contributed by atoms with Crippen LogP contribution in [0, 0.1) is 0 Å². The Balaban J connectivity index is 2.30. The van der Waals surface area contributed by atoms with Crippen LogP contribution in [0.3, 0.4) is 0 Å². The number of aromatic amines is 1. The van der Waals surface area contributed by atoms with Gasteiger partial charge in [-0.2, -0.15) is 0 Å². The van der Waals surface area contributed by atoms with Gasteiger partial charge < -0.3 is 4.74 Å². The molecular weight excluding hydrogens is 268 g/mol. The molecule has 1 N–H and O–H groups in total. The van der Waals surface area contributed by atoms with Gasteiger partial charge in [0.1, 0.15) is 0 Å². The molecule has 0 saturated heterocycles. The Hall–Kier alpha value is -2.01. The van der Waals surface area contributed by atoms with Crippen LogP contribution in [0.4, 0.5) is 0 Å². The molecule has 2 aromatic rings. The summed E-state index contributed by atoms with van der Waals surface area (Å²) < 4.78 is 6.25. The molecule has 19 heavy (non-hydrogen) atoms. The molecule has 0 aliphatic heterocycles. The molecule has 0 amide bonds. The molecule has 0 aliphatic rings. The fraction of sp³-hybridized carbons (Fsp3) is 0.231. The van der Waals surface area contributed by atoms with Gasteiger partial charge in [-0.25, -0.2) is 4.68 Å². The van der Waals surface area contributed by atoms with Gasteiger partial charge in [-0.05, 0) is 18.6 Å². The van der Waals surface area contributed by atoms with Crippen molar-refractivity contribution in [2.75, 3.05) is 0 Å². The number of carbonyl (C=O) groups is 1. The fourth-order valence-corrected chi connectivity index (χ4v) is 1.84. The van der Waals surface area contributed by atoms with E-state index in [-0.39, 0.29) is 17.4 Å². The topological polar surface area (TPSA) is 64.1 Å². The van der Waals surface area contributed by atoms with Crippen LogP contribution in [-0.4, -0.2) is 15.7 Å². The Bertz CT molecular complexity index is 645. The molecule has 1 heterocycles. The van der Waals surface area contributed by atoms with E-state index in [0.717, 1.165) is 0 Å². The molecule has 0 bridgehead atoms. The number of nitrogens with one attached hydrogen (secondary N) is 1. The van der Waals surface area contributed by atoms with Gasteiger partial charge in [0.2, 0.25) is 5.88 Å². The molecule has 0 aliphatic carbocycles. The number of esters is 1. The van der Waals surface area contributed by atoms with Crippen LogP contribution >= 0.6 is 11.6 Å². The third-order valence-corrected chi connectivity index (χ3v) is 2.79. The second kappa shape index (κ2) is 5.75. The number of para-hydroxylation sites is 1. The lowest BCUT2D eigenvalue weighted by atomic mass is 10.3. The molecule has 1 aromatic heterocycles. The number of ether oxygens (including phenoxy) is 1. The number of nitrogens with zero attached hydrogens (tertiary/aromatic N) is 1. The first-order valence-electron chi connectivity index (χ1n) is 5.89.